The number of hydrogen-bond acceptors (Lipinski definition) is 6. The Morgan fingerprint density at radius 2 is 1.67 bits per heavy atom. The minimum atomic E-state index is -1.49. The van der Waals surface area contributed by atoms with E-state index in [1.54, 1.807) is 6.07 Å². The van der Waals surface area contributed by atoms with Gasteiger partial charge in [-0.25, -0.2) is 4.39 Å². The van der Waals surface area contributed by atoms with Crippen LogP contribution in [-0.4, -0.2) is 58.1 Å². The van der Waals surface area contributed by atoms with E-state index in [1.807, 2.05) is 45.0 Å². The third-order valence-electron chi connectivity index (χ3n) is 5.77. The van der Waals surface area contributed by atoms with Crippen molar-refractivity contribution in [3.63, 3.8) is 0 Å². The molecule has 30 heavy (non-hydrogen) atoms. The quantitative estimate of drug-likeness (QED) is 0.571. The fraction of sp³-hybridized carbons (Fsp3) is 0.478. The van der Waals surface area contributed by atoms with E-state index in [2.05, 4.69) is 0 Å². The van der Waals surface area contributed by atoms with E-state index in [1.165, 1.54) is 12.1 Å². The van der Waals surface area contributed by atoms with E-state index < -0.39 is 48.4 Å². The van der Waals surface area contributed by atoms with Gasteiger partial charge in [0, 0.05) is 5.41 Å². The Labute approximate surface area is 175 Å². The van der Waals surface area contributed by atoms with Crippen molar-refractivity contribution >= 4 is 0 Å². The molecule has 2 aromatic rings. The summed E-state index contributed by atoms with van der Waals surface area (Å²) < 4.78 is 25.9. The van der Waals surface area contributed by atoms with Gasteiger partial charge < -0.3 is 29.9 Å². The highest BCUT2D eigenvalue weighted by Gasteiger charge is 2.44. The lowest BCUT2D eigenvalue weighted by Crippen LogP contribution is -2.55. The summed E-state index contributed by atoms with van der Waals surface area (Å²) in [4.78, 5) is 0. The number of aliphatic hydroxyl groups is 4. The predicted molar refractivity (Wildman–Crippen MR) is 109 cm³/mol. The van der Waals surface area contributed by atoms with Gasteiger partial charge in [0.05, 0.1) is 13.2 Å². The second kappa shape index (κ2) is 8.99. The molecule has 7 heteroatoms. The summed E-state index contributed by atoms with van der Waals surface area (Å²) in [5, 5.41) is 39.9. The minimum Gasteiger partial charge on any atom is -0.494 e. The first-order chi connectivity index (χ1) is 14.2. The Kier molecular flexibility index (Phi) is 6.79. The second-order valence-corrected chi connectivity index (χ2v) is 8.07. The normalized spacial score (nSPS) is 27.1. The van der Waals surface area contributed by atoms with Gasteiger partial charge in [-0.2, -0.15) is 0 Å². The SMILES string of the molecule is CCOc1ccc(C(C)(C)c2cc(C3OC(CO)C(O)C(O)C3O)ccc2F)cc1. The molecule has 2 aromatic carbocycles. The zero-order valence-corrected chi connectivity index (χ0v) is 17.3. The van der Waals surface area contributed by atoms with E-state index in [0.29, 0.717) is 17.7 Å². The Bertz CT molecular complexity index is 851. The predicted octanol–water partition coefficient (Wildman–Crippen LogP) is 2.07. The summed E-state index contributed by atoms with van der Waals surface area (Å²) in [5.41, 5.74) is 0.998. The standard InChI is InChI=1S/C23H29FO6/c1-4-29-15-8-6-14(7-9-15)23(2,3)16-11-13(5-10-17(16)24)22-21(28)20(27)19(26)18(12-25)30-22/h5-11,18-22,25-28H,4,12H2,1-3H3. The topological polar surface area (TPSA) is 99.4 Å². The molecule has 0 aromatic heterocycles. The maximum atomic E-state index is 14.8. The summed E-state index contributed by atoms with van der Waals surface area (Å²) in [7, 11) is 0. The molecule has 5 atom stereocenters. The van der Waals surface area contributed by atoms with Gasteiger partial charge in [-0.1, -0.05) is 32.0 Å². The van der Waals surface area contributed by atoms with Crippen molar-refractivity contribution in [1.82, 2.24) is 0 Å². The fourth-order valence-corrected chi connectivity index (χ4v) is 3.87. The van der Waals surface area contributed by atoms with E-state index >= 15 is 0 Å². The molecular weight excluding hydrogens is 391 g/mol. The lowest BCUT2D eigenvalue weighted by molar-refractivity contribution is -0.231. The van der Waals surface area contributed by atoms with Crippen molar-refractivity contribution in [2.24, 2.45) is 0 Å². The van der Waals surface area contributed by atoms with Gasteiger partial charge in [0.2, 0.25) is 0 Å². The molecule has 1 heterocycles. The first-order valence-corrected chi connectivity index (χ1v) is 10.0. The third kappa shape index (κ3) is 4.22. The molecular formula is C23H29FO6. The Morgan fingerprint density at radius 1 is 1.00 bits per heavy atom. The van der Waals surface area contributed by atoms with Crippen LogP contribution in [0.25, 0.3) is 0 Å². The maximum Gasteiger partial charge on any atom is 0.127 e. The average molecular weight is 420 g/mol. The fourth-order valence-electron chi connectivity index (χ4n) is 3.87. The highest BCUT2D eigenvalue weighted by molar-refractivity contribution is 5.42. The summed E-state index contributed by atoms with van der Waals surface area (Å²) in [5.74, 6) is 0.315. The molecule has 0 bridgehead atoms. The summed E-state index contributed by atoms with van der Waals surface area (Å²) >= 11 is 0. The van der Waals surface area contributed by atoms with Crippen molar-refractivity contribution in [3.8, 4) is 5.75 Å². The number of hydrogen-bond donors (Lipinski definition) is 4. The maximum absolute atomic E-state index is 14.8. The molecule has 0 radical (unpaired) electrons. The van der Waals surface area contributed by atoms with Crippen LogP contribution in [0.15, 0.2) is 42.5 Å². The molecule has 1 fully saturated rings. The summed E-state index contributed by atoms with van der Waals surface area (Å²) in [6.07, 6.45) is -6.40. The van der Waals surface area contributed by atoms with Crippen LogP contribution >= 0.6 is 0 Å². The first-order valence-electron chi connectivity index (χ1n) is 10.0. The van der Waals surface area contributed by atoms with Gasteiger partial charge in [0.15, 0.2) is 0 Å². The number of aliphatic hydroxyl groups excluding tert-OH is 4. The summed E-state index contributed by atoms with van der Waals surface area (Å²) in [6.45, 7) is 5.71. The number of rotatable bonds is 6. The summed E-state index contributed by atoms with van der Waals surface area (Å²) in [6, 6.07) is 11.8. The van der Waals surface area contributed by atoms with Gasteiger partial charge in [-0.05, 0) is 47.9 Å². The van der Waals surface area contributed by atoms with Crippen molar-refractivity contribution in [2.75, 3.05) is 13.2 Å². The molecule has 0 amide bonds. The van der Waals surface area contributed by atoms with Crippen LogP contribution in [0.2, 0.25) is 0 Å². The highest BCUT2D eigenvalue weighted by atomic mass is 19.1. The second-order valence-electron chi connectivity index (χ2n) is 8.07. The smallest absolute Gasteiger partial charge is 0.127 e. The molecule has 6 nitrogen and oxygen atoms in total. The van der Waals surface area contributed by atoms with Gasteiger partial charge in [-0.3, -0.25) is 0 Å². The van der Waals surface area contributed by atoms with E-state index in [-0.39, 0.29) is 0 Å². The Hall–Kier alpha value is -2.03. The number of benzene rings is 2. The number of halogens is 1. The Balaban J connectivity index is 1.96. The van der Waals surface area contributed by atoms with E-state index in [0.717, 1.165) is 11.3 Å². The van der Waals surface area contributed by atoms with Crippen molar-refractivity contribution in [2.45, 2.75) is 56.7 Å². The van der Waals surface area contributed by atoms with Crippen LogP contribution < -0.4 is 4.74 Å². The van der Waals surface area contributed by atoms with Gasteiger partial charge in [-0.15, -0.1) is 0 Å². The average Bonchev–Trinajstić information content (AvgIpc) is 2.73. The molecule has 164 valence electrons. The van der Waals surface area contributed by atoms with Gasteiger partial charge >= 0.3 is 0 Å². The van der Waals surface area contributed by atoms with Crippen molar-refractivity contribution in [3.05, 3.63) is 65.0 Å². The zero-order chi connectivity index (χ0) is 22.1. The Morgan fingerprint density at radius 3 is 2.27 bits per heavy atom. The first kappa shape index (κ1) is 22.7. The molecule has 3 rings (SSSR count). The lowest BCUT2D eigenvalue weighted by atomic mass is 9.76. The van der Waals surface area contributed by atoms with Crippen LogP contribution in [0.1, 0.15) is 43.6 Å². The minimum absolute atomic E-state index is 0.390. The van der Waals surface area contributed by atoms with Crippen LogP contribution in [-0.2, 0) is 10.2 Å². The molecule has 1 aliphatic heterocycles. The zero-order valence-electron chi connectivity index (χ0n) is 17.3. The third-order valence-corrected chi connectivity index (χ3v) is 5.77. The molecule has 1 saturated heterocycles. The van der Waals surface area contributed by atoms with Gasteiger partial charge in [0.1, 0.15) is 42.1 Å². The van der Waals surface area contributed by atoms with Crippen LogP contribution in [0.4, 0.5) is 4.39 Å². The van der Waals surface area contributed by atoms with Crippen LogP contribution in [0, 0.1) is 5.82 Å². The van der Waals surface area contributed by atoms with Crippen molar-refractivity contribution in [1.29, 1.82) is 0 Å². The van der Waals surface area contributed by atoms with E-state index in [4.69, 9.17) is 9.47 Å². The molecule has 4 N–H and O–H groups in total. The van der Waals surface area contributed by atoms with E-state index in [9.17, 15) is 24.8 Å². The van der Waals surface area contributed by atoms with Gasteiger partial charge in [0.25, 0.3) is 0 Å². The largest absolute Gasteiger partial charge is 0.494 e. The van der Waals surface area contributed by atoms with Crippen molar-refractivity contribution < 1.29 is 34.3 Å². The molecule has 5 unspecified atom stereocenters. The molecule has 0 saturated carbocycles. The molecule has 0 aliphatic carbocycles. The van der Waals surface area contributed by atoms with Crippen LogP contribution in [0.3, 0.4) is 0 Å². The molecule has 1 aliphatic rings. The number of ether oxygens (including phenoxy) is 2. The lowest BCUT2D eigenvalue weighted by Gasteiger charge is -2.40. The molecule has 0 spiro atoms. The van der Waals surface area contributed by atoms with Crippen LogP contribution in [0.5, 0.6) is 5.75 Å². The highest BCUT2D eigenvalue weighted by Crippen LogP contribution is 2.38. The monoisotopic (exact) mass is 420 g/mol.